The van der Waals surface area contributed by atoms with E-state index in [-0.39, 0.29) is 24.8 Å². The van der Waals surface area contributed by atoms with Crippen molar-refractivity contribution in [3.05, 3.63) is 57.6 Å². The van der Waals surface area contributed by atoms with Crippen LogP contribution in [0.5, 0.6) is 0 Å². The molecule has 0 saturated heterocycles. The predicted octanol–water partition coefficient (Wildman–Crippen LogP) is 3.54. The molecule has 0 unspecified atom stereocenters. The lowest BCUT2D eigenvalue weighted by Crippen LogP contribution is -2.32. The molecule has 0 spiro atoms. The Bertz CT molecular complexity index is 839. The molecule has 3 aromatic heterocycles. The zero-order valence-corrected chi connectivity index (χ0v) is 17.1. The van der Waals surface area contributed by atoms with Gasteiger partial charge in [0.05, 0.1) is 38.1 Å². The Hall–Kier alpha value is -2.49. The van der Waals surface area contributed by atoms with Crippen LogP contribution in [0.2, 0.25) is 0 Å². The Morgan fingerprint density at radius 1 is 1.25 bits per heavy atom. The molecule has 0 aliphatic carbocycles. The van der Waals surface area contributed by atoms with Crippen LogP contribution in [0.4, 0.5) is 5.13 Å². The summed E-state index contributed by atoms with van der Waals surface area (Å²) in [4.78, 5) is 31.5. The number of amides is 1. The lowest BCUT2D eigenvalue weighted by atomic mass is 10.3. The number of carbonyl (C=O) groups excluding carboxylic acids is 2. The van der Waals surface area contributed by atoms with E-state index in [0.29, 0.717) is 30.5 Å². The van der Waals surface area contributed by atoms with Crippen molar-refractivity contribution in [2.75, 3.05) is 18.5 Å². The van der Waals surface area contributed by atoms with Crippen LogP contribution in [-0.4, -0.2) is 34.9 Å². The first-order chi connectivity index (χ1) is 13.6. The maximum atomic E-state index is 12.5. The van der Waals surface area contributed by atoms with Gasteiger partial charge < -0.3 is 14.5 Å². The molecule has 3 heterocycles. The van der Waals surface area contributed by atoms with Crippen molar-refractivity contribution in [2.24, 2.45) is 0 Å². The van der Waals surface area contributed by atoms with Crippen LogP contribution in [-0.2, 0) is 33.8 Å². The van der Waals surface area contributed by atoms with Gasteiger partial charge in [0, 0.05) is 16.8 Å². The van der Waals surface area contributed by atoms with E-state index in [2.05, 4.69) is 10.3 Å². The van der Waals surface area contributed by atoms with Gasteiger partial charge in [0.15, 0.2) is 5.13 Å². The number of nitrogens with one attached hydrogen (secondary N) is 1. The largest absolute Gasteiger partial charge is 0.468 e. The molecule has 9 heteroatoms. The van der Waals surface area contributed by atoms with Crippen LogP contribution in [0.25, 0.3) is 0 Å². The summed E-state index contributed by atoms with van der Waals surface area (Å²) in [6, 6.07) is 7.76. The van der Waals surface area contributed by atoms with Crippen molar-refractivity contribution >= 4 is 39.7 Å². The van der Waals surface area contributed by atoms with Gasteiger partial charge in [-0.1, -0.05) is 6.07 Å². The molecular formula is C19H21N3O4S2. The number of thiophene rings is 1. The Morgan fingerprint density at radius 2 is 2.14 bits per heavy atom. The average molecular weight is 420 g/mol. The molecular weight excluding hydrogens is 398 g/mol. The molecule has 1 amide bonds. The minimum atomic E-state index is -0.328. The Labute approximate surface area is 171 Å². The minimum Gasteiger partial charge on any atom is -0.468 e. The van der Waals surface area contributed by atoms with Crippen LogP contribution >= 0.6 is 22.7 Å². The highest BCUT2D eigenvalue weighted by molar-refractivity contribution is 7.14. The summed E-state index contributed by atoms with van der Waals surface area (Å²) in [5, 5.41) is 7.04. The second-order valence-electron chi connectivity index (χ2n) is 5.98. The first-order valence-corrected chi connectivity index (χ1v) is 10.5. The molecule has 1 N–H and O–H groups in total. The zero-order chi connectivity index (χ0) is 19.8. The molecule has 0 bridgehead atoms. The quantitative estimate of drug-likeness (QED) is 0.506. The van der Waals surface area contributed by atoms with E-state index in [1.54, 1.807) is 29.9 Å². The second-order valence-corrected chi connectivity index (χ2v) is 7.87. The SMILES string of the molecule is CCOC(=O)Cc1csc(NC(=O)CN(Cc2ccco2)Cc2cccs2)n1. The van der Waals surface area contributed by atoms with Gasteiger partial charge in [0.2, 0.25) is 5.91 Å². The molecule has 0 atom stereocenters. The first kappa shape index (κ1) is 20.2. The number of thiazole rings is 1. The molecule has 0 fully saturated rings. The number of hydrogen-bond donors (Lipinski definition) is 1. The third-order valence-electron chi connectivity index (χ3n) is 3.72. The number of ether oxygens (including phenoxy) is 1. The van der Waals surface area contributed by atoms with E-state index >= 15 is 0 Å². The third-order valence-corrected chi connectivity index (χ3v) is 5.38. The van der Waals surface area contributed by atoms with Gasteiger partial charge in [-0.2, -0.15) is 0 Å². The van der Waals surface area contributed by atoms with Crippen LogP contribution in [0.15, 0.2) is 45.7 Å². The summed E-state index contributed by atoms with van der Waals surface area (Å²) >= 11 is 2.94. The number of rotatable bonds is 10. The van der Waals surface area contributed by atoms with Crippen molar-refractivity contribution in [2.45, 2.75) is 26.4 Å². The van der Waals surface area contributed by atoms with Gasteiger partial charge in [0.1, 0.15) is 5.76 Å². The Morgan fingerprint density at radius 3 is 2.86 bits per heavy atom. The summed E-state index contributed by atoms with van der Waals surface area (Å²) in [6.45, 7) is 3.48. The molecule has 0 aliphatic rings. The molecule has 0 radical (unpaired) electrons. The van der Waals surface area contributed by atoms with E-state index in [1.807, 2.05) is 34.5 Å². The van der Waals surface area contributed by atoms with Gasteiger partial charge in [0.25, 0.3) is 0 Å². The zero-order valence-electron chi connectivity index (χ0n) is 15.4. The highest BCUT2D eigenvalue weighted by Crippen LogP contribution is 2.18. The standard InChI is InChI=1S/C19H21N3O4S2/c1-2-25-18(24)9-14-13-28-19(20-14)21-17(23)12-22(10-15-5-3-7-26-15)11-16-6-4-8-27-16/h3-8,13H,2,9-12H2,1H3,(H,20,21,23). The molecule has 7 nitrogen and oxygen atoms in total. The van der Waals surface area contributed by atoms with Crippen LogP contribution in [0.3, 0.4) is 0 Å². The number of nitrogens with zero attached hydrogens (tertiary/aromatic N) is 2. The van der Waals surface area contributed by atoms with E-state index in [4.69, 9.17) is 9.15 Å². The van der Waals surface area contributed by atoms with E-state index in [9.17, 15) is 9.59 Å². The smallest absolute Gasteiger partial charge is 0.311 e. The fourth-order valence-electron chi connectivity index (χ4n) is 2.58. The number of aromatic nitrogens is 1. The minimum absolute atomic E-state index is 0.100. The van der Waals surface area contributed by atoms with E-state index in [0.717, 1.165) is 5.76 Å². The number of hydrogen-bond acceptors (Lipinski definition) is 8. The number of furan rings is 1. The van der Waals surface area contributed by atoms with Gasteiger partial charge in [-0.15, -0.1) is 22.7 Å². The maximum Gasteiger partial charge on any atom is 0.311 e. The molecule has 0 saturated carbocycles. The van der Waals surface area contributed by atoms with Crippen molar-refractivity contribution in [1.29, 1.82) is 0 Å². The Balaban J connectivity index is 1.57. The molecule has 3 aromatic rings. The van der Waals surface area contributed by atoms with Crippen LogP contribution in [0, 0.1) is 0 Å². The Kier molecular flexibility index (Phi) is 7.35. The highest BCUT2D eigenvalue weighted by Gasteiger charge is 2.16. The van der Waals surface area contributed by atoms with E-state index in [1.165, 1.54) is 16.2 Å². The summed E-state index contributed by atoms with van der Waals surface area (Å²) in [6.07, 6.45) is 1.72. The van der Waals surface area contributed by atoms with Gasteiger partial charge in [-0.3, -0.25) is 14.5 Å². The second kappa shape index (κ2) is 10.2. The van der Waals surface area contributed by atoms with Gasteiger partial charge in [-0.25, -0.2) is 4.98 Å². The third kappa shape index (κ3) is 6.29. The van der Waals surface area contributed by atoms with Crippen molar-refractivity contribution in [3.8, 4) is 0 Å². The molecule has 148 valence electrons. The molecule has 0 aliphatic heterocycles. The number of anilines is 1. The lowest BCUT2D eigenvalue weighted by molar-refractivity contribution is -0.142. The van der Waals surface area contributed by atoms with Crippen molar-refractivity contribution < 1.29 is 18.7 Å². The highest BCUT2D eigenvalue weighted by atomic mass is 32.1. The predicted molar refractivity (Wildman–Crippen MR) is 108 cm³/mol. The summed E-state index contributed by atoms with van der Waals surface area (Å²) in [7, 11) is 0. The monoisotopic (exact) mass is 419 g/mol. The first-order valence-electron chi connectivity index (χ1n) is 8.79. The van der Waals surface area contributed by atoms with Crippen LogP contribution in [0.1, 0.15) is 23.3 Å². The van der Waals surface area contributed by atoms with Crippen molar-refractivity contribution in [1.82, 2.24) is 9.88 Å². The van der Waals surface area contributed by atoms with Gasteiger partial charge in [-0.05, 0) is 30.5 Å². The summed E-state index contributed by atoms with van der Waals surface area (Å²) < 4.78 is 10.3. The fraction of sp³-hybridized carbons (Fsp3) is 0.316. The van der Waals surface area contributed by atoms with Gasteiger partial charge >= 0.3 is 5.97 Å². The topological polar surface area (TPSA) is 84.7 Å². The average Bonchev–Trinajstić information content (AvgIpc) is 3.39. The summed E-state index contributed by atoms with van der Waals surface area (Å²) in [5.41, 5.74) is 0.588. The number of esters is 1. The van der Waals surface area contributed by atoms with Crippen molar-refractivity contribution in [3.63, 3.8) is 0 Å². The normalized spacial score (nSPS) is 10.9. The fourth-order valence-corrected chi connectivity index (χ4v) is 4.05. The molecule has 0 aromatic carbocycles. The molecule has 28 heavy (non-hydrogen) atoms. The lowest BCUT2D eigenvalue weighted by Gasteiger charge is -2.19. The van der Waals surface area contributed by atoms with Crippen LogP contribution < -0.4 is 5.32 Å². The number of carbonyl (C=O) groups is 2. The molecule has 3 rings (SSSR count). The van der Waals surface area contributed by atoms with E-state index < -0.39 is 0 Å². The maximum absolute atomic E-state index is 12.5. The summed E-state index contributed by atoms with van der Waals surface area (Å²) in [5.74, 6) is 0.307.